The highest BCUT2D eigenvalue weighted by atomic mass is 35.5. The van der Waals surface area contributed by atoms with Gasteiger partial charge in [-0.2, -0.15) is 0 Å². The Morgan fingerprint density at radius 2 is 1.78 bits per heavy atom. The van der Waals surface area contributed by atoms with Gasteiger partial charge in [0.2, 0.25) is 0 Å². The van der Waals surface area contributed by atoms with E-state index in [9.17, 15) is 0 Å². The van der Waals surface area contributed by atoms with E-state index in [4.69, 9.17) is 5.73 Å². The zero-order valence-electron chi connectivity index (χ0n) is 13.0. The molecular weight excluding hydrogens is 349 g/mol. The van der Waals surface area contributed by atoms with Gasteiger partial charge in [-0.1, -0.05) is 18.2 Å². The van der Waals surface area contributed by atoms with E-state index in [1.807, 2.05) is 17.5 Å². The Kier molecular flexibility index (Phi) is 8.63. The maximum Gasteiger partial charge on any atom is 0.141 e. The van der Waals surface area contributed by atoms with E-state index >= 15 is 0 Å². The largest absolute Gasteiger partial charge is 0.383 e. The Labute approximate surface area is 154 Å². The topological polar surface area (TPSA) is 41.6 Å². The van der Waals surface area contributed by atoms with Crippen molar-refractivity contribution in [1.82, 2.24) is 4.90 Å². The quantitative estimate of drug-likeness (QED) is 0.629. The number of thiophene rings is 1. The van der Waals surface area contributed by atoms with E-state index in [1.54, 1.807) is 11.3 Å². The average Bonchev–Trinajstić information content (AvgIpc) is 3.20. The minimum Gasteiger partial charge on any atom is -0.383 e. The van der Waals surface area contributed by atoms with Gasteiger partial charge in [0, 0.05) is 6.54 Å². The molecule has 2 heterocycles. The van der Waals surface area contributed by atoms with Crippen LogP contribution in [0.15, 0.2) is 46.8 Å². The van der Waals surface area contributed by atoms with E-state index in [0.717, 1.165) is 17.0 Å². The Balaban J connectivity index is 0.00000132. The number of nitrogens with two attached hydrogens (primary N) is 1. The third-order valence-corrected chi connectivity index (χ3v) is 4.77. The number of nitrogens with zero attached hydrogens (tertiary/aromatic N) is 2. The van der Waals surface area contributed by atoms with Crippen LogP contribution in [0.5, 0.6) is 0 Å². The van der Waals surface area contributed by atoms with Gasteiger partial charge in [0.15, 0.2) is 0 Å². The van der Waals surface area contributed by atoms with Crippen LogP contribution in [0.2, 0.25) is 0 Å². The molecule has 6 heteroatoms. The fourth-order valence-corrected chi connectivity index (χ4v) is 3.28. The number of rotatable bonds is 5. The minimum absolute atomic E-state index is 0. The first-order chi connectivity index (χ1) is 10.3. The van der Waals surface area contributed by atoms with Crippen molar-refractivity contribution in [2.75, 3.05) is 19.6 Å². The number of halogens is 2. The Hall–Kier alpha value is -1.07. The molecule has 0 bridgehead atoms. The van der Waals surface area contributed by atoms with Crippen molar-refractivity contribution < 1.29 is 0 Å². The second-order valence-electron chi connectivity index (χ2n) is 5.44. The van der Waals surface area contributed by atoms with Crippen LogP contribution < -0.4 is 5.73 Å². The molecule has 1 aliphatic heterocycles. The number of amidine groups is 1. The predicted octanol–water partition coefficient (Wildman–Crippen LogP) is 4.27. The first kappa shape index (κ1) is 20.0. The summed E-state index contributed by atoms with van der Waals surface area (Å²) in [6, 6.07) is 12.4. The van der Waals surface area contributed by atoms with Gasteiger partial charge >= 0.3 is 0 Å². The summed E-state index contributed by atoms with van der Waals surface area (Å²) in [4.78, 5) is 8.04. The summed E-state index contributed by atoms with van der Waals surface area (Å²) < 4.78 is 0. The molecule has 2 N–H and O–H groups in total. The van der Waals surface area contributed by atoms with E-state index in [-0.39, 0.29) is 24.8 Å². The molecule has 0 unspecified atom stereocenters. The monoisotopic (exact) mass is 371 g/mol. The predicted molar refractivity (Wildman–Crippen MR) is 105 cm³/mol. The van der Waals surface area contributed by atoms with Crippen LogP contribution >= 0.6 is 36.2 Å². The maximum atomic E-state index is 6.00. The van der Waals surface area contributed by atoms with Crippen molar-refractivity contribution in [3.05, 3.63) is 52.2 Å². The SMILES string of the molecule is Cl.Cl.NC(=Nc1ccc(CCN2CCCC2)cc1)c1cccs1. The lowest BCUT2D eigenvalue weighted by atomic mass is 10.1. The minimum atomic E-state index is 0. The summed E-state index contributed by atoms with van der Waals surface area (Å²) in [7, 11) is 0. The smallest absolute Gasteiger partial charge is 0.141 e. The van der Waals surface area contributed by atoms with Crippen LogP contribution in [0, 0.1) is 0 Å². The van der Waals surface area contributed by atoms with Crippen molar-refractivity contribution in [3.63, 3.8) is 0 Å². The zero-order chi connectivity index (χ0) is 14.5. The second-order valence-corrected chi connectivity index (χ2v) is 6.39. The van der Waals surface area contributed by atoms with E-state index in [1.165, 1.54) is 38.0 Å². The molecule has 1 aromatic carbocycles. The van der Waals surface area contributed by atoms with Crippen LogP contribution in [0.3, 0.4) is 0 Å². The Morgan fingerprint density at radius 1 is 1.09 bits per heavy atom. The van der Waals surface area contributed by atoms with Gasteiger partial charge in [-0.15, -0.1) is 36.2 Å². The van der Waals surface area contributed by atoms with Gasteiger partial charge in [0.05, 0.1) is 10.6 Å². The van der Waals surface area contributed by atoms with Gasteiger partial charge in [0.1, 0.15) is 5.84 Å². The van der Waals surface area contributed by atoms with Crippen LogP contribution in [0.25, 0.3) is 0 Å². The van der Waals surface area contributed by atoms with Crippen molar-refractivity contribution in [2.24, 2.45) is 10.7 Å². The second kappa shape index (κ2) is 9.93. The lowest BCUT2D eigenvalue weighted by molar-refractivity contribution is 0.343. The molecule has 1 aliphatic rings. The average molecular weight is 372 g/mol. The molecule has 23 heavy (non-hydrogen) atoms. The van der Waals surface area contributed by atoms with Crippen LogP contribution in [-0.2, 0) is 6.42 Å². The molecule has 0 amide bonds. The van der Waals surface area contributed by atoms with E-state index < -0.39 is 0 Å². The Bertz CT molecular complexity index is 591. The molecule has 3 nitrogen and oxygen atoms in total. The van der Waals surface area contributed by atoms with E-state index in [0.29, 0.717) is 5.84 Å². The Morgan fingerprint density at radius 3 is 2.39 bits per heavy atom. The molecule has 0 radical (unpaired) electrons. The molecule has 1 saturated heterocycles. The van der Waals surface area contributed by atoms with E-state index in [2.05, 4.69) is 34.2 Å². The molecule has 1 fully saturated rings. The zero-order valence-corrected chi connectivity index (χ0v) is 15.4. The van der Waals surface area contributed by atoms with Crippen LogP contribution in [0.4, 0.5) is 5.69 Å². The van der Waals surface area contributed by atoms with Crippen molar-refractivity contribution in [2.45, 2.75) is 19.3 Å². The summed E-state index contributed by atoms with van der Waals surface area (Å²) in [6.45, 7) is 3.69. The highest BCUT2D eigenvalue weighted by Gasteiger charge is 2.10. The van der Waals surface area contributed by atoms with Gasteiger partial charge in [-0.3, -0.25) is 0 Å². The fourth-order valence-electron chi connectivity index (χ4n) is 2.65. The van der Waals surface area contributed by atoms with Crippen molar-refractivity contribution >= 4 is 47.7 Å². The molecule has 0 saturated carbocycles. The van der Waals surface area contributed by atoms with Crippen molar-refractivity contribution in [3.8, 4) is 0 Å². The lowest BCUT2D eigenvalue weighted by Gasteiger charge is -2.14. The first-order valence-corrected chi connectivity index (χ1v) is 8.38. The normalized spacial score (nSPS) is 15.0. The molecule has 2 aromatic rings. The van der Waals surface area contributed by atoms with Gasteiger partial charge in [0.25, 0.3) is 0 Å². The van der Waals surface area contributed by atoms with Gasteiger partial charge in [-0.25, -0.2) is 4.99 Å². The molecule has 0 atom stereocenters. The highest BCUT2D eigenvalue weighted by Crippen LogP contribution is 2.17. The third-order valence-electron chi connectivity index (χ3n) is 3.87. The molecule has 3 rings (SSSR count). The fraction of sp³-hybridized carbons (Fsp3) is 0.353. The number of hydrogen-bond donors (Lipinski definition) is 1. The number of hydrogen-bond acceptors (Lipinski definition) is 3. The number of likely N-dealkylation sites (tertiary alicyclic amines) is 1. The number of benzene rings is 1. The summed E-state index contributed by atoms with van der Waals surface area (Å²) in [5, 5.41) is 2.01. The maximum absolute atomic E-state index is 6.00. The summed E-state index contributed by atoms with van der Waals surface area (Å²) in [5.41, 5.74) is 8.30. The summed E-state index contributed by atoms with van der Waals surface area (Å²) in [6.07, 6.45) is 3.83. The van der Waals surface area contributed by atoms with Gasteiger partial charge < -0.3 is 10.6 Å². The molecule has 126 valence electrons. The molecule has 1 aromatic heterocycles. The van der Waals surface area contributed by atoms with Crippen LogP contribution in [-0.4, -0.2) is 30.4 Å². The lowest BCUT2D eigenvalue weighted by Crippen LogP contribution is -2.21. The standard InChI is InChI=1S/C17H21N3S.2ClH/c18-17(16-4-3-13-21-16)19-15-7-5-14(6-8-15)9-12-20-10-1-2-11-20;;/h3-8,13H,1-2,9-12H2,(H2,18,19);2*1H. The van der Waals surface area contributed by atoms with Gasteiger partial charge in [-0.05, 0) is 61.5 Å². The van der Waals surface area contributed by atoms with Crippen LogP contribution in [0.1, 0.15) is 23.3 Å². The van der Waals surface area contributed by atoms with Crippen molar-refractivity contribution in [1.29, 1.82) is 0 Å². The first-order valence-electron chi connectivity index (χ1n) is 7.50. The third kappa shape index (κ3) is 5.81. The summed E-state index contributed by atoms with van der Waals surface area (Å²) >= 11 is 1.61. The summed E-state index contributed by atoms with van der Waals surface area (Å²) in [5.74, 6) is 0.592. The highest BCUT2D eigenvalue weighted by molar-refractivity contribution is 7.12. The molecule has 0 aliphatic carbocycles. The number of aliphatic imine (C=N–C) groups is 1. The molecule has 0 spiro atoms. The molecular formula is C17H23Cl2N3S.